The highest BCUT2D eigenvalue weighted by Gasteiger charge is 2.25. The van der Waals surface area contributed by atoms with Crippen molar-refractivity contribution in [2.24, 2.45) is 0 Å². The van der Waals surface area contributed by atoms with Gasteiger partial charge in [-0.3, -0.25) is 10.00 Å². The van der Waals surface area contributed by atoms with Gasteiger partial charge in [0.1, 0.15) is 11.5 Å². The number of hydrogen-bond donors (Lipinski definition) is 3. The maximum Gasteiger partial charge on any atom is 0.319 e. The second kappa shape index (κ2) is 7.81. The monoisotopic (exact) mass is 369 g/mol. The van der Waals surface area contributed by atoms with Crippen molar-refractivity contribution >= 4 is 22.6 Å². The van der Waals surface area contributed by atoms with Gasteiger partial charge in [0.25, 0.3) is 0 Å². The minimum Gasteiger partial charge on any atom is -0.465 e. The number of nitrogens with one attached hydrogen (secondary N) is 3. The zero-order valence-electron chi connectivity index (χ0n) is 15.2. The highest BCUT2D eigenvalue weighted by Crippen LogP contribution is 2.23. The Kier molecular flexibility index (Phi) is 5.08. The fourth-order valence-electron chi connectivity index (χ4n) is 3.31. The summed E-state index contributed by atoms with van der Waals surface area (Å²) in [5.74, 6) is 1.72. The van der Waals surface area contributed by atoms with Crippen LogP contribution in [0.25, 0.3) is 10.9 Å². The molecule has 0 saturated carbocycles. The Morgan fingerprint density at radius 2 is 2.15 bits per heavy atom. The third kappa shape index (κ3) is 4.12. The van der Waals surface area contributed by atoms with E-state index in [4.69, 9.17) is 9.15 Å². The Morgan fingerprint density at radius 1 is 1.30 bits per heavy atom. The summed E-state index contributed by atoms with van der Waals surface area (Å²) in [6.45, 7) is 5.37. The molecule has 2 amide bonds. The number of nitrogens with zero attached hydrogens (tertiary/aromatic N) is 2. The second-order valence-corrected chi connectivity index (χ2v) is 6.62. The molecule has 1 saturated heterocycles. The Labute approximate surface area is 156 Å². The summed E-state index contributed by atoms with van der Waals surface area (Å²) in [4.78, 5) is 14.7. The van der Waals surface area contributed by atoms with Crippen LogP contribution in [0.4, 0.5) is 10.5 Å². The van der Waals surface area contributed by atoms with Gasteiger partial charge in [-0.15, -0.1) is 0 Å². The van der Waals surface area contributed by atoms with Gasteiger partial charge in [0, 0.05) is 30.7 Å². The summed E-state index contributed by atoms with van der Waals surface area (Å²) in [5.41, 5.74) is 1.59. The lowest BCUT2D eigenvalue weighted by Gasteiger charge is -2.33. The molecule has 4 rings (SSSR count). The van der Waals surface area contributed by atoms with E-state index in [0.29, 0.717) is 25.4 Å². The molecule has 1 aromatic carbocycles. The van der Waals surface area contributed by atoms with E-state index in [1.165, 1.54) is 0 Å². The first-order valence-electron chi connectivity index (χ1n) is 9.05. The molecular formula is C19H23N5O3. The molecule has 1 aliphatic heterocycles. The zero-order chi connectivity index (χ0) is 18.6. The number of hydrogen-bond acceptors (Lipinski definition) is 5. The van der Waals surface area contributed by atoms with Crippen molar-refractivity contribution in [3.8, 4) is 0 Å². The second-order valence-electron chi connectivity index (χ2n) is 6.62. The number of aromatic nitrogens is 2. The van der Waals surface area contributed by atoms with Crippen LogP contribution in [0.2, 0.25) is 0 Å². The molecule has 0 bridgehead atoms. The van der Waals surface area contributed by atoms with Gasteiger partial charge >= 0.3 is 6.03 Å². The molecular weight excluding hydrogens is 346 g/mol. The molecule has 0 aliphatic carbocycles. The van der Waals surface area contributed by atoms with E-state index in [9.17, 15) is 4.79 Å². The lowest BCUT2D eigenvalue weighted by atomic mass is 10.1. The van der Waals surface area contributed by atoms with Gasteiger partial charge in [0.2, 0.25) is 0 Å². The maximum absolute atomic E-state index is 12.4. The van der Waals surface area contributed by atoms with Gasteiger partial charge in [-0.1, -0.05) is 0 Å². The van der Waals surface area contributed by atoms with Crippen LogP contribution in [0.1, 0.15) is 17.6 Å². The molecule has 8 nitrogen and oxygen atoms in total. The molecule has 0 unspecified atom stereocenters. The number of urea groups is 1. The Bertz CT molecular complexity index is 913. The number of ether oxygens (including phenoxy) is 1. The molecule has 2 aromatic heterocycles. The summed E-state index contributed by atoms with van der Waals surface area (Å²) < 4.78 is 11.3. The van der Waals surface area contributed by atoms with Crippen LogP contribution in [0.3, 0.4) is 0 Å². The molecule has 3 N–H and O–H groups in total. The molecule has 27 heavy (non-hydrogen) atoms. The topological polar surface area (TPSA) is 95.4 Å². The third-order valence-electron chi connectivity index (χ3n) is 4.73. The number of amides is 2. The van der Waals surface area contributed by atoms with Crippen molar-refractivity contribution in [1.29, 1.82) is 0 Å². The summed E-state index contributed by atoms with van der Waals surface area (Å²) in [6.07, 6.45) is 1.75. The number of benzene rings is 1. The van der Waals surface area contributed by atoms with Crippen molar-refractivity contribution in [3.05, 3.63) is 48.0 Å². The van der Waals surface area contributed by atoms with Crippen LogP contribution in [-0.2, 0) is 4.74 Å². The van der Waals surface area contributed by atoms with Crippen LogP contribution < -0.4 is 10.6 Å². The van der Waals surface area contributed by atoms with E-state index in [2.05, 4.69) is 25.7 Å². The van der Waals surface area contributed by atoms with Crippen LogP contribution in [0.5, 0.6) is 0 Å². The number of aryl methyl sites for hydroxylation is 1. The number of carbonyl (C=O) groups is 1. The molecule has 8 heteroatoms. The van der Waals surface area contributed by atoms with Crippen LogP contribution >= 0.6 is 0 Å². The van der Waals surface area contributed by atoms with Crippen LogP contribution in [0, 0.1) is 6.92 Å². The number of H-pyrrole nitrogens is 1. The van der Waals surface area contributed by atoms with E-state index in [-0.39, 0.29) is 12.1 Å². The van der Waals surface area contributed by atoms with Crippen molar-refractivity contribution in [1.82, 2.24) is 20.4 Å². The number of furan rings is 1. The van der Waals surface area contributed by atoms with Crippen LogP contribution in [0.15, 0.2) is 40.9 Å². The Balaban J connectivity index is 1.40. The summed E-state index contributed by atoms with van der Waals surface area (Å²) in [6, 6.07) is 9.27. The largest absolute Gasteiger partial charge is 0.465 e. The van der Waals surface area contributed by atoms with Gasteiger partial charge in [0.15, 0.2) is 0 Å². The fraction of sp³-hybridized carbons (Fsp3) is 0.368. The van der Waals surface area contributed by atoms with Crippen molar-refractivity contribution < 1.29 is 13.9 Å². The van der Waals surface area contributed by atoms with Crippen molar-refractivity contribution in [3.63, 3.8) is 0 Å². The van der Waals surface area contributed by atoms with Crippen molar-refractivity contribution in [2.45, 2.75) is 13.0 Å². The number of anilines is 1. The molecule has 1 aliphatic rings. The third-order valence-corrected chi connectivity index (χ3v) is 4.73. The average Bonchev–Trinajstić information content (AvgIpc) is 3.31. The minimum absolute atomic E-state index is 0.0246. The van der Waals surface area contributed by atoms with Gasteiger partial charge < -0.3 is 19.8 Å². The highest BCUT2D eigenvalue weighted by molar-refractivity contribution is 5.92. The Hall–Kier alpha value is -2.84. The SMILES string of the molecule is Cc1ccc([C@@H](CNC(=O)Nc2ccc3cn[nH]c3c2)N2CCOCC2)o1. The average molecular weight is 369 g/mol. The summed E-state index contributed by atoms with van der Waals surface area (Å²) in [5, 5.41) is 13.7. The molecule has 3 heterocycles. The fourth-order valence-corrected chi connectivity index (χ4v) is 3.31. The molecule has 0 spiro atoms. The van der Waals surface area contributed by atoms with E-state index >= 15 is 0 Å². The smallest absolute Gasteiger partial charge is 0.319 e. The van der Waals surface area contributed by atoms with E-state index in [1.807, 2.05) is 37.3 Å². The number of morpholine rings is 1. The first-order valence-corrected chi connectivity index (χ1v) is 9.05. The Morgan fingerprint density at radius 3 is 2.93 bits per heavy atom. The molecule has 1 fully saturated rings. The van der Waals surface area contributed by atoms with Gasteiger partial charge in [-0.2, -0.15) is 5.10 Å². The summed E-state index contributed by atoms with van der Waals surface area (Å²) in [7, 11) is 0. The molecule has 142 valence electrons. The summed E-state index contributed by atoms with van der Waals surface area (Å²) >= 11 is 0. The lowest BCUT2D eigenvalue weighted by Crippen LogP contribution is -2.44. The number of fused-ring (bicyclic) bond motifs is 1. The quantitative estimate of drug-likeness (QED) is 0.643. The normalized spacial score (nSPS) is 16.3. The molecule has 0 radical (unpaired) electrons. The zero-order valence-corrected chi connectivity index (χ0v) is 15.2. The minimum atomic E-state index is -0.254. The first kappa shape index (κ1) is 17.6. The number of aromatic amines is 1. The number of carbonyl (C=O) groups excluding carboxylic acids is 1. The van der Waals surface area contributed by atoms with E-state index in [1.54, 1.807) is 6.20 Å². The maximum atomic E-state index is 12.4. The standard InChI is InChI=1S/C19H23N5O3/c1-13-2-5-18(27-13)17(24-6-8-26-9-7-24)12-20-19(25)22-15-4-3-14-11-21-23-16(14)10-15/h2-5,10-11,17H,6-9,12H2,1H3,(H,21,23)(H2,20,22,25)/t17-/m1/s1. The van der Waals surface area contributed by atoms with E-state index in [0.717, 1.165) is 35.5 Å². The van der Waals surface area contributed by atoms with Gasteiger partial charge in [-0.05, 0) is 37.3 Å². The van der Waals surface area contributed by atoms with Gasteiger partial charge in [-0.25, -0.2) is 4.79 Å². The van der Waals surface area contributed by atoms with Gasteiger partial charge in [0.05, 0.1) is 31.0 Å². The van der Waals surface area contributed by atoms with Crippen molar-refractivity contribution in [2.75, 3.05) is 38.2 Å². The van der Waals surface area contributed by atoms with E-state index < -0.39 is 0 Å². The first-order chi connectivity index (χ1) is 13.2. The molecule has 1 atom stereocenters. The van der Waals surface area contributed by atoms with Crippen LogP contribution in [-0.4, -0.2) is 54.0 Å². The lowest BCUT2D eigenvalue weighted by molar-refractivity contribution is 0.0122. The number of rotatable bonds is 5. The highest BCUT2D eigenvalue weighted by atomic mass is 16.5. The molecule has 3 aromatic rings. The predicted molar refractivity (Wildman–Crippen MR) is 102 cm³/mol. The predicted octanol–water partition coefficient (Wildman–Crippen LogP) is 2.66.